The fourth-order valence-corrected chi connectivity index (χ4v) is 2.76. The zero-order valence-corrected chi connectivity index (χ0v) is 11.8. The van der Waals surface area contributed by atoms with Gasteiger partial charge in [0.2, 0.25) is 0 Å². The van der Waals surface area contributed by atoms with Gasteiger partial charge in [-0.05, 0) is 44.1 Å². The second-order valence-electron chi connectivity index (χ2n) is 5.31. The highest BCUT2D eigenvalue weighted by atomic mass is 15.2. The van der Waals surface area contributed by atoms with Crippen LogP contribution in [0.1, 0.15) is 31.0 Å². The van der Waals surface area contributed by atoms with Crippen molar-refractivity contribution in [3.63, 3.8) is 0 Å². The highest BCUT2D eigenvalue weighted by molar-refractivity contribution is 5.25. The van der Waals surface area contributed by atoms with Crippen molar-refractivity contribution in [2.45, 2.75) is 32.4 Å². The van der Waals surface area contributed by atoms with Crippen LogP contribution >= 0.6 is 0 Å². The summed E-state index contributed by atoms with van der Waals surface area (Å²) in [6, 6.07) is 6.63. The molecule has 1 saturated heterocycles. The first-order chi connectivity index (χ1) is 9.22. The summed E-state index contributed by atoms with van der Waals surface area (Å²) in [4.78, 5) is 8.99. The molecule has 0 aromatic carbocycles. The van der Waals surface area contributed by atoms with Gasteiger partial charge in [-0.25, -0.2) is 4.98 Å². The molecule has 1 aliphatic heterocycles. The first-order valence-corrected chi connectivity index (χ1v) is 7.00. The van der Waals surface area contributed by atoms with Crippen LogP contribution in [0.2, 0.25) is 0 Å². The molecule has 1 atom stereocenters. The van der Waals surface area contributed by atoms with Gasteiger partial charge in [-0.3, -0.25) is 4.90 Å². The van der Waals surface area contributed by atoms with Gasteiger partial charge in [0.1, 0.15) is 11.8 Å². The predicted molar refractivity (Wildman–Crippen MR) is 75.6 cm³/mol. The number of hydrogen-bond acceptors (Lipinski definition) is 4. The molecule has 0 aliphatic carbocycles. The van der Waals surface area contributed by atoms with Crippen molar-refractivity contribution in [1.82, 2.24) is 14.8 Å². The maximum absolute atomic E-state index is 8.91. The van der Waals surface area contributed by atoms with E-state index in [1.807, 2.05) is 12.1 Å². The molecule has 0 amide bonds. The first-order valence-electron chi connectivity index (χ1n) is 7.00. The summed E-state index contributed by atoms with van der Waals surface area (Å²) in [6.45, 7) is 6.61. The molecule has 1 aromatic heterocycles. The molecule has 1 aromatic rings. The molecule has 2 rings (SSSR count). The molecule has 0 N–H and O–H groups in total. The van der Waals surface area contributed by atoms with Gasteiger partial charge < -0.3 is 4.90 Å². The Hall–Kier alpha value is -1.44. The molecule has 0 bridgehead atoms. The molecule has 0 saturated carbocycles. The van der Waals surface area contributed by atoms with Gasteiger partial charge in [-0.15, -0.1) is 0 Å². The number of nitriles is 1. The molecule has 1 aliphatic rings. The second-order valence-corrected chi connectivity index (χ2v) is 5.31. The second kappa shape index (κ2) is 6.65. The predicted octanol–water partition coefficient (Wildman–Crippen LogP) is 1.87. The third-order valence-corrected chi connectivity index (χ3v) is 3.82. The van der Waals surface area contributed by atoms with Gasteiger partial charge >= 0.3 is 0 Å². The first kappa shape index (κ1) is 14.0. The topological polar surface area (TPSA) is 43.2 Å². The van der Waals surface area contributed by atoms with Crippen LogP contribution in [0.15, 0.2) is 18.3 Å². The number of nitrogens with zero attached hydrogens (tertiary/aromatic N) is 4. The standard InChI is InChI=1S/C15H22N4/c1-3-15-12-18(2)7-4-8-19(15)11-13-5-6-17-14(9-13)10-16/h5-6,9,15H,3-4,7-8,11-12H2,1-2H3. The third kappa shape index (κ3) is 3.76. The van der Waals surface area contributed by atoms with Crippen molar-refractivity contribution >= 4 is 0 Å². The van der Waals surface area contributed by atoms with Crippen molar-refractivity contribution in [2.75, 3.05) is 26.7 Å². The zero-order valence-electron chi connectivity index (χ0n) is 11.8. The van der Waals surface area contributed by atoms with Gasteiger partial charge in [0, 0.05) is 31.9 Å². The number of pyridine rings is 1. The quantitative estimate of drug-likeness (QED) is 0.830. The zero-order chi connectivity index (χ0) is 13.7. The largest absolute Gasteiger partial charge is 0.305 e. The summed E-state index contributed by atoms with van der Waals surface area (Å²) >= 11 is 0. The molecule has 0 spiro atoms. The monoisotopic (exact) mass is 258 g/mol. The maximum atomic E-state index is 8.91. The van der Waals surface area contributed by atoms with E-state index < -0.39 is 0 Å². The Labute approximate surface area is 115 Å². The van der Waals surface area contributed by atoms with Gasteiger partial charge in [0.05, 0.1) is 0 Å². The third-order valence-electron chi connectivity index (χ3n) is 3.82. The molecular formula is C15H22N4. The van der Waals surface area contributed by atoms with Crippen LogP contribution in [-0.4, -0.2) is 47.5 Å². The Morgan fingerprint density at radius 3 is 3.05 bits per heavy atom. The number of aromatic nitrogens is 1. The number of rotatable bonds is 3. The molecule has 102 valence electrons. The van der Waals surface area contributed by atoms with Crippen LogP contribution in [0.25, 0.3) is 0 Å². The molecule has 19 heavy (non-hydrogen) atoms. The van der Waals surface area contributed by atoms with Crippen molar-refractivity contribution in [1.29, 1.82) is 5.26 Å². The van der Waals surface area contributed by atoms with Crippen molar-refractivity contribution in [2.24, 2.45) is 0 Å². The molecular weight excluding hydrogens is 236 g/mol. The van der Waals surface area contributed by atoms with Gasteiger partial charge in [-0.2, -0.15) is 5.26 Å². The van der Waals surface area contributed by atoms with Gasteiger partial charge in [0.15, 0.2) is 0 Å². The van der Waals surface area contributed by atoms with E-state index in [4.69, 9.17) is 5.26 Å². The molecule has 4 nitrogen and oxygen atoms in total. The van der Waals surface area contributed by atoms with Crippen LogP contribution in [0.3, 0.4) is 0 Å². The highest BCUT2D eigenvalue weighted by Crippen LogP contribution is 2.15. The lowest BCUT2D eigenvalue weighted by atomic mass is 10.1. The summed E-state index contributed by atoms with van der Waals surface area (Å²) in [6.07, 6.45) is 4.11. The number of hydrogen-bond donors (Lipinski definition) is 0. The highest BCUT2D eigenvalue weighted by Gasteiger charge is 2.21. The minimum Gasteiger partial charge on any atom is -0.305 e. The van der Waals surface area contributed by atoms with E-state index >= 15 is 0 Å². The summed E-state index contributed by atoms with van der Waals surface area (Å²) in [5, 5.41) is 8.91. The SMILES string of the molecule is CCC1CN(C)CCCN1Cc1ccnc(C#N)c1. The Morgan fingerprint density at radius 1 is 1.47 bits per heavy atom. The van der Waals surface area contributed by atoms with E-state index in [2.05, 4.69) is 34.8 Å². The summed E-state index contributed by atoms with van der Waals surface area (Å²) < 4.78 is 0. The van der Waals surface area contributed by atoms with Gasteiger partial charge in [-0.1, -0.05) is 6.92 Å². The van der Waals surface area contributed by atoms with Crippen molar-refractivity contribution in [3.8, 4) is 6.07 Å². The Morgan fingerprint density at radius 2 is 2.32 bits per heavy atom. The summed E-state index contributed by atoms with van der Waals surface area (Å²) in [5.41, 5.74) is 1.70. The lowest BCUT2D eigenvalue weighted by Crippen LogP contribution is -2.39. The van der Waals surface area contributed by atoms with Crippen LogP contribution in [0.4, 0.5) is 0 Å². The molecule has 1 unspecified atom stereocenters. The summed E-state index contributed by atoms with van der Waals surface area (Å²) in [5.74, 6) is 0. The lowest BCUT2D eigenvalue weighted by molar-refractivity contribution is 0.176. The van der Waals surface area contributed by atoms with Gasteiger partial charge in [0.25, 0.3) is 0 Å². The van der Waals surface area contributed by atoms with E-state index in [-0.39, 0.29) is 0 Å². The lowest BCUT2D eigenvalue weighted by Gasteiger charge is -2.30. The summed E-state index contributed by atoms with van der Waals surface area (Å²) in [7, 11) is 2.20. The molecule has 0 radical (unpaired) electrons. The normalized spacial score (nSPS) is 21.8. The van der Waals surface area contributed by atoms with E-state index in [9.17, 15) is 0 Å². The molecule has 2 heterocycles. The van der Waals surface area contributed by atoms with E-state index in [0.717, 1.165) is 19.6 Å². The van der Waals surface area contributed by atoms with Crippen LogP contribution in [0, 0.1) is 11.3 Å². The van der Waals surface area contributed by atoms with Crippen LogP contribution < -0.4 is 0 Å². The van der Waals surface area contributed by atoms with E-state index in [0.29, 0.717) is 11.7 Å². The maximum Gasteiger partial charge on any atom is 0.140 e. The molecule has 4 heteroatoms. The fourth-order valence-electron chi connectivity index (χ4n) is 2.76. The average molecular weight is 258 g/mol. The number of likely N-dealkylation sites (N-methyl/N-ethyl adjacent to an activating group) is 1. The average Bonchev–Trinajstić information content (AvgIpc) is 2.60. The minimum atomic E-state index is 0.512. The van der Waals surface area contributed by atoms with Crippen LogP contribution in [0.5, 0.6) is 0 Å². The van der Waals surface area contributed by atoms with Crippen molar-refractivity contribution in [3.05, 3.63) is 29.6 Å². The Kier molecular flexibility index (Phi) is 4.89. The van der Waals surface area contributed by atoms with E-state index in [1.165, 1.54) is 24.9 Å². The molecule has 1 fully saturated rings. The van der Waals surface area contributed by atoms with Crippen LogP contribution in [-0.2, 0) is 6.54 Å². The fraction of sp³-hybridized carbons (Fsp3) is 0.600. The smallest absolute Gasteiger partial charge is 0.140 e. The van der Waals surface area contributed by atoms with E-state index in [1.54, 1.807) is 6.20 Å². The Bertz CT molecular complexity index is 452. The van der Waals surface area contributed by atoms with Crippen molar-refractivity contribution < 1.29 is 0 Å². The minimum absolute atomic E-state index is 0.512. The Balaban J connectivity index is 2.09.